The zero-order valence-corrected chi connectivity index (χ0v) is 11.5. The Morgan fingerprint density at radius 3 is 2.31 bits per heavy atom. The third-order valence-corrected chi connectivity index (χ3v) is 4.14. The molecule has 0 saturated heterocycles. The summed E-state index contributed by atoms with van der Waals surface area (Å²) < 4.78 is 0. The monoisotopic (exact) mass is 226 g/mol. The molecule has 1 rings (SSSR count). The van der Waals surface area contributed by atoms with Crippen molar-refractivity contribution in [2.45, 2.75) is 63.8 Å². The standard InChI is InChI=1S/C14H30N2/c1-4-5-9-12-15-13-14(16(2)3)10-7-6-8-11-14/h15H,4-13H2,1-3H3. The predicted molar refractivity (Wildman–Crippen MR) is 71.9 cm³/mol. The van der Waals surface area contributed by atoms with Crippen LogP contribution in [0.1, 0.15) is 58.3 Å². The first-order valence-corrected chi connectivity index (χ1v) is 7.09. The molecule has 16 heavy (non-hydrogen) atoms. The normalized spacial score (nSPS) is 20.2. The minimum absolute atomic E-state index is 0.449. The van der Waals surface area contributed by atoms with E-state index in [0.717, 1.165) is 0 Å². The largest absolute Gasteiger partial charge is 0.315 e. The summed E-state index contributed by atoms with van der Waals surface area (Å²) in [6.07, 6.45) is 11.0. The van der Waals surface area contributed by atoms with Crippen LogP contribution in [-0.4, -0.2) is 37.6 Å². The lowest BCUT2D eigenvalue weighted by Gasteiger charge is -2.43. The van der Waals surface area contributed by atoms with Gasteiger partial charge in [0.1, 0.15) is 0 Å². The third kappa shape index (κ3) is 4.06. The second-order valence-electron chi connectivity index (χ2n) is 5.56. The summed E-state index contributed by atoms with van der Waals surface area (Å²) in [5.74, 6) is 0. The highest BCUT2D eigenvalue weighted by Crippen LogP contribution is 2.31. The molecule has 1 aliphatic rings. The van der Waals surface area contributed by atoms with Gasteiger partial charge in [0.05, 0.1) is 0 Å². The van der Waals surface area contributed by atoms with E-state index in [1.165, 1.54) is 64.5 Å². The molecule has 0 amide bonds. The molecule has 0 aromatic heterocycles. The first kappa shape index (κ1) is 14.0. The first-order chi connectivity index (χ1) is 7.71. The molecular weight excluding hydrogens is 196 g/mol. The number of nitrogens with zero attached hydrogens (tertiary/aromatic N) is 1. The fourth-order valence-corrected chi connectivity index (χ4v) is 2.81. The highest BCUT2D eigenvalue weighted by atomic mass is 15.2. The first-order valence-electron chi connectivity index (χ1n) is 7.09. The Morgan fingerprint density at radius 1 is 1.06 bits per heavy atom. The van der Waals surface area contributed by atoms with Crippen LogP contribution in [0.25, 0.3) is 0 Å². The van der Waals surface area contributed by atoms with E-state index in [1.54, 1.807) is 0 Å². The van der Waals surface area contributed by atoms with Gasteiger partial charge in [0.15, 0.2) is 0 Å². The zero-order chi connectivity index (χ0) is 11.9. The quantitative estimate of drug-likeness (QED) is 0.671. The molecule has 0 aromatic carbocycles. The third-order valence-electron chi connectivity index (χ3n) is 4.14. The van der Waals surface area contributed by atoms with Gasteiger partial charge in [-0.15, -0.1) is 0 Å². The van der Waals surface area contributed by atoms with Crippen LogP contribution in [0.15, 0.2) is 0 Å². The van der Waals surface area contributed by atoms with Gasteiger partial charge in [-0.05, 0) is 39.9 Å². The topological polar surface area (TPSA) is 15.3 Å². The van der Waals surface area contributed by atoms with Crippen LogP contribution in [0, 0.1) is 0 Å². The van der Waals surface area contributed by atoms with Crippen molar-refractivity contribution in [2.24, 2.45) is 0 Å². The van der Waals surface area contributed by atoms with E-state index in [1.807, 2.05) is 0 Å². The number of rotatable bonds is 7. The molecule has 2 nitrogen and oxygen atoms in total. The minimum atomic E-state index is 0.449. The molecule has 0 aromatic rings. The summed E-state index contributed by atoms with van der Waals surface area (Å²) in [5.41, 5.74) is 0.449. The number of unbranched alkanes of at least 4 members (excludes halogenated alkanes) is 2. The van der Waals surface area contributed by atoms with Gasteiger partial charge < -0.3 is 10.2 Å². The smallest absolute Gasteiger partial charge is 0.0327 e. The molecule has 1 N–H and O–H groups in total. The van der Waals surface area contributed by atoms with Crippen molar-refractivity contribution in [3.63, 3.8) is 0 Å². The van der Waals surface area contributed by atoms with Crippen LogP contribution in [0.3, 0.4) is 0 Å². The van der Waals surface area contributed by atoms with Crippen molar-refractivity contribution in [3.05, 3.63) is 0 Å². The predicted octanol–water partition coefficient (Wildman–Crippen LogP) is 3.03. The molecule has 0 unspecified atom stereocenters. The van der Waals surface area contributed by atoms with Gasteiger partial charge in [0.25, 0.3) is 0 Å². The van der Waals surface area contributed by atoms with Gasteiger partial charge >= 0.3 is 0 Å². The van der Waals surface area contributed by atoms with Crippen LogP contribution in [0.2, 0.25) is 0 Å². The van der Waals surface area contributed by atoms with Crippen LogP contribution in [0.4, 0.5) is 0 Å². The maximum absolute atomic E-state index is 3.67. The Bertz CT molecular complexity index is 172. The van der Waals surface area contributed by atoms with Crippen molar-refractivity contribution < 1.29 is 0 Å². The van der Waals surface area contributed by atoms with Gasteiger partial charge in [0, 0.05) is 12.1 Å². The Kier molecular flexibility index (Phi) is 6.37. The van der Waals surface area contributed by atoms with Gasteiger partial charge in [-0.3, -0.25) is 0 Å². The van der Waals surface area contributed by atoms with E-state index in [4.69, 9.17) is 0 Å². The lowest BCUT2D eigenvalue weighted by atomic mass is 9.80. The van der Waals surface area contributed by atoms with Crippen LogP contribution < -0.4 is 5.32 Å². The molecule has 0 bridgehead atoms. The maximum Gasteiger partial charge on any atom is 0.0327 e. The van der Waals surface area contributed by atoms with E-state index < -0.39 is 0 Å². The van der Waals surface area contributed by atoms with Crippen molar-refractivity contribution in [1.82, 2.24) is 10.2 Å². The average molecular weight is 226 g/mol. The van der Waals surface area contributed by atoms with Crippen LogP contribution in [0.5, 0.6) is 0 Å². The molecule has 0 aliphatic heterocycles. The molecule has 0 atom stereocenters. The lowest BCUT2D eigenvalue weighted by molar-refractivity contribution is 0.0988. The Morgan fingerprint density at radius 2 is 1.75 bits per heavy atom. The van der Waals surface area contributed by atoms with Crippen molar-refractivity contribution in [3.8, 4) is 0 Å². The summed E-state index contributed by atoms with van der Waals surface area (Å²) in [5, 5.41) is 3.67. The summed E-state index contributed by atoms with van der Waals surface area (Å²) in [4.78, 5) is 2.46. The van der Waals surface area contributed by atoms with E-state index in [9.17, 15) is 0 Å². The number of hydrogen-bond acceptors (Lipinski definition) is 2. The molecule has 0 radical (unpaired) electrons. The molecule has 0 spiro atoms. The van der Waals surface area contributed by atoms with E-state index in [2.05, 4.69) is 31.2 Å². The summed E-state index contributed by atoms with van der Waals surface area (Å²) >= 11 is 0. The molecule has 2 heteroatoms. The zero-order valence-electron chi connectivity index (χ0n) is 11.5. The second kappa shape index (κ2) is 7.29. The molecule has 1 saturated carbocycles. The van der Waals surface area contributed by atoms with Gasteiger partial charge in [-0.1, -0.05) is 39.0 Å². The van der Waals surface area contributed by atoms with Gasteiger partial charge in [0.2, 0.25) is 0 Å². The highest BCUT2D eigenvalue weighted by molar-refractivity contribution is 4.92. The van der Waals surface area contributed by atoms with Crippen molar-refractivity contribution in [1.29, 1.82) is 0 Å². The van der Waals surface area contributed by atoms with Crippen LogP contribution in [-0.2, 0) is 0 Å². The molecule has 1 fully saturated rings. The lowest BCUT2D eigenvalue weighted by Crippen LogP contribution is -2.52. The van der Waals surface area contributed by atoms with Crippen LogP contribution >= 0.6 is 0 Å². The fourth-order valence-electron chi connectivity index (χ4n) is 2.81. The number of hydrogen-bond donors (Lipinski definition) is 1. The van der Waals surface area contributed by atoms with Gasteiger partial charge in [-0.25, -0.2) is 0 Å². The summed E-state index contributed by atoms with van der Waals surface area (Å²) in [6.45, 7) is 4.65. The summed E-state index contributed by atoms with van der Waals surface area (Å²) in [6, 6.07) is 0. The average Bonchev–Trinajstić information content (AvgIpc) is 2.30. The Balaban J connectivity index is 2.27. The Labute approximate surface area is 102 Å². The minimum Gasteiger partial charge on any atom is -0.315 e. The summed E-state index contributed by atoms with van der Waals surface area (Å²) in [7, 11) is 4.50. The SMILES string of the molecule is CCCCCNCC1(N(C)C)CCCCC1. The van der Waals surface area contributed by atoms with E-state index in [-0.39, 0.29) is 0 Å². The van der Waals surface area contributed by atoms with Gasteiger partial charge in [-0.2, -0.15) is 0 Å². The maximum atomic E-state index is 3.67. The number of nitrogens with one attached hydrogen (secondary N) is 1. The molecular formula is C14H30N2. The van der Waals surface area contributed by atoms with E-state index >= 15 is 0 Å². The highest BCUT2D eigenvalue weighted by Gasteiger charge is 2.33. The Hall–Kier alpha value is -0.0800. The second-order valence-corrected chi connectivity index (χ2v) is 5.56. The van der Waals surface area contributed by atoms with E-state index in [0.29, 0.717) is 5.54 Å². The van der Waals surface area contributed by atoms with Crippen molar-refractivity contribution >= 4 is 0 Å². The fraction of sp³-hybridized carbons (Fsp3) is 1.00. The molecule has 96 valence electrons. The van der Waals surface area contributed by atoms with Crippen molar-refractivity contribution in [2.75, 3.05) is 27.2 Å². The molecule has 0 heterocycles. The molecule has 1 aliphatic carbocycles. The number of likely N-dealkylation sites (N-methyl/N-ethyl adjacent to an activating group) is 1.